The maximum atomic E-state index is 13.1. The fraction of sp³-hybridized carbons (Fsp3) is 0.375. The van der Waals surface area contributed by atoms with Gasteiger partial charge in [0.05, 0.1) is 0 Å². The van der Waals surface area contributed by atoms with Gasteiger partial charge in [0.15, 0.2) is 0 Å². The Hall–Kier alpha value is -1.37. The van der Waals surface area contributed by atoms with Crippen LogP contribution in [-0.2, 0) is 0 Å². The number of benzene rings is 1. The van der Waals surface area contributed by atoms with Crippen LogP contribution in [0, 0.1) is 11.2 Å². The molecule has 0 aliphatic heterocycles. The van der Waals surface area contributed by atoms with Gasteiger partial charge in [0.2, 0.25) is 0 Å². The molecule has 0 amide bonds. The van der Waals surface area contributed by atoms with E-state index in [1.54, 1.807) is 12.1 Å². The third kappa shape index (κ3) is 3.06. The SMILES string of the molecule is CC1=CC(C)(C)CC/C1=C/c1cccc(F)c1. The first kappa shape index (κ1) is 12.1. The zero-order valence-corrected chi connectivity index (χ0v) is 10.8. The summed E-state index contributed by atoms with van der Waals surface area (Å²) in [5.74, 6) is -0.169. The molecule has 2 rings (SSSR count). The van der Waals surface area contributed by atoms with E-state index in [0.717, 1.165) is 18.4 Å². The van der Waals surface area contributed by atoms with Gasteiger partial charge in [-0.25, -0.2) is 4.39 Å². The topological polar surface area (TPSA) is 0 Å². The second-order valence-electron chi connectivity index (χ2n) is 5.54. The molecule has 0 saturated heterocycles. The van der Waals surface area contributed by atoms with Crippen LogP contribution < -0.4 is 0 Å². The third-order valence-electron chi connectivity index (χ3n) is 3.34. The van der Waals surface area contributed by atoms with Gasteiger partial charge in [-0.05, 0) is 48.4 Å². The van der Waals surface area contributed by atoms with Gasteiger partial charge >= 0.3 is 0 Å². The molecule has 0 unspecified atom stereocenters. The van der Waals surface area contributed by atoms with Crippen LogP contribution >= 0.6 is 0 Å². The molecule has 0 aromatic heterocycles. The number of halogens is 1. The van der Waals surface area contributed by atoms with Crippen molar-refractivity contribution >= 4 is 6.08 Å². The summed E-state index contributed by atoms with van der Waals surface area (Å²) in [7, 11) is 0. The summed E-state index contributed by atoms with van der Waals surface area (Å²) in [4.78, 5) is 0. The fourth-order valence-electron chi connectivity index (χ4n) is 2.39. The first-order valence-electron chi connectivity index (χ1n) is 6.12. The maximum absolute atomic E-state index is 13.1. The maximum Gasteiger partial charge on any atom is 0.123 e. The fourth-order valence-corrected chi connectivity index (χ4v) is 2.39. The Morgan fingerprint density at radius 2 is 2.06 bits per heavy atom. The third-order valence-corrected chi connectivity index (χ3v) is 3.34. The van der Waals surface area contributed by atoms with Gasteiger partial charge in [-0.3, -0.25) is 0 Å². The van der Waals surface area contributed by atoms with Gasteiger partial charge in [-0.2, -0.15) is 0 Å². The van der Waals surface area contributed by atoms with E-state index in [9.17, 15) is 4.39 Å². The average molecular weight is 230 g/mol. The molecule has 17 heavy (non-hydrogen) atoms. The molecule has 0 fully saturated rings. The Bertz CT molecular complexity index is 478. The second-order valence-corrected chi connectivity index (χ2v) is 5.54. The summed E-state index contributed by atoms with van der Waals surface area (Å²) >= 11 is 0. The second kappa shape index (κ2) is 4.48. The molecule has 1 heteroatoms. The predicted octanol–water partition coefficient (Wildman–Crippen LogP) is 4.98. The van der Waals surface area contributed by atoms with Crippen molar-refractivity contribution in [1.82, 2.24) is 0 Å². The summed E-state index contributed by atoms with van der Waals surface area (Å²) in [6, 6.07) is 6.77. The van der Waals surface area contributed by atoms with Crippen LogP contribution in [0.15, 0.2) is 41.5 Å². The summed E-state index contributed by atoms with van der Waals surface area (Å²) in [6.45, 7) is 6.66. The highest BCUT2D eigenvalue weighted by Gasteiger charge is 2.21. The van der Waals surface area contributed by atoms with Crippen LogP contribution in [0.2, 0.25) is 0 Å². The van der Waals surface area contributed by atoms with Crippen molar-refractivity contribution in [3.8, 4) is 0 Å². The summed E-state index contributed by atoms with van der Waals surface area (Å²) in [6.07, 6.45) is 6.66. The van der Waals surface area contributed by atoms with Gasteiger partial charge < -0.3 is 0 Å². The molecule has 1 aromatic carbocycles. The van der Waals surface area contributed by atoms with Crippen molar-refractivity contribution in [3.63, 3.8) is 0 Å². The van der Waals surface area contributed by atoms with Gasteiger partial charge in [0.25, 0.3) is 0 Å². The molecular formula is C16H19F. The predicted molar refractivity (Wildman–Crippen MR) is 71.1 cm³/mol. The zero-order chi connectivity index (χ0) is 12.5. The minimum atomic E-state index is -0.169. The molecular weight excluding hydrogens is 211 g/mol. The lowest BCUT2D eigenvalue weighted by Gasteiger charge is -2.28. The minimum Gasteiger partial charge on any atom is -0.207 e. The Morgan fingerprint density at radius 1 is 1.29 bits per heavy atom. The van der Waals surface area contributed by atoms with Crippen molar-refractivity contribution in [2.24, 2.45) is 5.41 Å². The van der Waals surface area contributed by atoms with Crippen molar-refractivity contribution in [3.05, 3.63) is 52.9 Å². The van der Waals surface area contributed by atoms with E-state index in [0.29, 0.717) is 5.41 Å². The molecule has 1 aromatic rings. The minimum absolute atomic E-state index is 0.169. The Balaban J connectivity index is 2.30. The molecule has 0 spiro atoms. The largest absolute Gasteiger partial charge is 0.207 e. The first-order valence-corrected chi connectivity index (χ1v) is 6.12. The summed E-state index contributed by atoms with van der Waals surface area (Å²) in [5, 5.41) is 0. The van der Waals surface area contributed by atoms with Crippen molar-refractivity contribution in [2.45, 2.75) is 33.6 Å². The van der Waals surface area contributed by atoms with Crippen LogP contribution in [0.3, 0.4) is 0 Å². The van der Waals surface area contributed by atoms with Crippen LogP contribution in [0.25, 0.3) is 6.08 Å². The zero-order valence-electron chi connectivity index (χ0n) is 10.8. The quantitative estimate of drug-likeness (QED) is 0.638. The smallest absolute Gasteiger partial charge is 0.123 e. The van der Waals surface area contributed by atoms with E-state index in [-0.39, 0.29) is 5.82 Å². The lowest BCUT2D eigenvalue weighted by molar-refractivity contribution is 0.423. The molecule has 0 saturated carbocycles. The van der Waals surface area contributed by atoms with Gasteiger partial charge in [0.1, 0.15) is 5.82 Å². The van der Waals surface area contributed by atoms with E-state index in [1.165, 1.54) is 17.2 Å². The molecule has 1 aliphatic rings. The molecule has 1 aliphatic carbocycles. The monoisotopic (exact) mass is 230 g/mol. The highest BCUT2D eigenvalue weighted by molar-refractivity contribution is 5.59. The highest BCUT2D eigenvalue weighted by atomic mass is 19.1. The lowest BCUT2D eigenvalue weighted by Crippen LogP contribution is -2.13. The van der Waals surface area contributed by atoms with Gasteiger partial charge in [0, 0.05) is 0 Å². The lowest BCUT2D eigenvalue weighted by atomic mass is 9.77. The van der Waals surface area contributed by atoms with E-state index in [1.807, 2.05) is 6.07 Å². The number of rotatable bonds is 1. The molecule has 0 N–H and O–H groups in total. The average Bonchev–Trinajstić information content (AvgIpc) is 2.22. The molecule has 0 atom stereocenters. The standard InChI is InChI=1S/C16H19F/c1-12-11-16(2,3)8-7-14(12)9-13-5-4-6-15(17)10-13/h4-6,9-11H,7-8H2,1-3H3/b14-9-. The van der Waals surface area contributed by atoms with Crippen LogP contribution in [0.1, 0.15) is 39.2 Å². The van der Waals surface area contributed by atoms with Crippen LogP contribution in [0.5, 0.6) is 0 Å². The Morgan fingerprint density at radius 3 is 2.71 bits per heavy atom. The molecule has 0 nitrogen and oxygen atoms in total. The van der Waals surface area contributed by atoms with E-state index in [2.05, 4.69) is 32.9 Å². The number of hydrogen-bond acceptors (Lipinski definition) is 0. The summed E-state index contributed by atoms with van der Waals surface area (Å²) < 4.78 is 13.1. The van der Waals surface area contributed by atoms with Crippen LogP contribution in [-0.4, -0.2) is 0 Å². The van der Waals surface area contributed by atoms with Crippen molar-refractivity contribution in [2.75, 3.05) is 0 Å². The molecule has 0 bridgehead atoms. The highest BCUT2D eigenvalue weighted by Crippen LogP contribution is 2.36. The Kier molecular flexibility index (Phi) is 3.19. The normalized spacial score (nSPS) is 21.4. The van der Waals surface area contributed by atoms with Gasteiger partial charge in [-0.1, -0.05) is 43.7 Å². The Labute approximate surface area is 103 Å². The first-order chi connectivity index (χ1) is 7.96. The van der Waals surface area contributed by atoms with Crippen LogP contribution in [0.4, 0.5) is 4.39 Å². The number of hydrogen-bond donors (Lipinski definition) is 0. The molecule has 0 heterocycles. The van der Waals surface area contributed by atoms with Gasteiger partial charge in [-0.15, -0.1) is 0 Å². The molecule has 0 radical (unpaired) electrons. The summed E-state index contributed by atoms with van der Waals surface area (Å²) in [5.41, 5.74) is 3.90. The van der Waals surface area contributed by atoms with E-state index in [4.69, 9.17) is 0 Å². The van der Waals surface area contributed by atoms with Crippen molar-refractivity contribution < 1.29 is 4.39 Å². The van der Waals surface area contributed by atoms with E-state index >= 15 is 0 Å². The van der Waals surface area contributed by atoms with E-state index < -0.39 is 0 Å². The molecule has 90 valence electrons. The van der Waals surface area contributed by atoms with Crippen molar-refractivity contribution in [1.29, 1.82) is 0 Å². The number of allylic oxidation sites excluding steroid dienone is 3.